The number of aromatic hydroxyl groups is 1. The molecule has 1 N–H and O–H groups in total. The molecule has 2 heterocycles. The predicted molar refractivity (Wildman–Crippen MR) is 64.6 cm³/mol. The summed E-state index contributed by atoms with van der Waals surface area (Å²) in [6.45, 7) is 0. The van der Waals surface area contributed by atoms with Gasteiger partial charge in [0.15, 0.2) is 0 Å². The summed E-state index contributed by atoms with van der Waals surface area (Å²) in [7, 11) is 0. The topological polar surface area (TPSA) is 72.0 Å². The summed E-state index contributed by atoms with van der Waals surface area (Å²) in [4.78, 5) is 3.92. The van der Waals surface area contributed by atoms with Gasteiger partial charge in [0, 0.05) is 18.0 Å². The van der Waals surface area contributed by atoms with E-state index in [0.717, 1.165) is 5.56 Å². The van der Waals surface area contributed by atoms with Crippen LogP contribution in [0.25, 0.3) is 22.9 Å². The fraction of sp³-hybridized carbons (Fsp3) is 0. The molecule has 0 bridgehead atoms. The second kappa shape index (κ2) is 4.29. The molecular formula is C13H9N3O2. The highest BCUT2D eigenvalue weighted by atomic mass is 16.4. The van der Waals surface area contributed by atoms with Crippen LogP contribution in [0.15, 0.2) is 53.2 Å². The van der Waals surface area contributed by atoms with E-state index in [2.05, 4.69) is 15.2 Å². The lowest BCUT2D eigenvalue weighted by Crippen LogP contribution is -1.78. The Kier molecular flexibility index (Phi) is 2.49. The monoisotopic (exact) mass is 239 g/mol. The standard InChI is InChI=1S/C13H9N3O2/c17-11-4-2-1-3-10(11)13-16-15-12(18-13)9-5-7-14-8-6-9/h1-8,17H. The van der Waals surface area contributed by atoms with Gasteiger partial charge in [0.2, 0.25) is 5.89 Å². The molecule has 0 aliphatic heterocycles. The molecule has 2 aromatic heterocycles. The third kappa shape index (κ3) is 1.82. The number of para-hydroxylation sites is 1. The first-order valence-corrected chi connectivity index (χ1v) is 5.37. The summed E-state index contributed by atoms with van der Waals surface area (Å²) in [6, 6.07) is 10.4. The van der Waals surface area contributed by atoms with Gasteiger partial charge >= 0.3 is 0 Å². The minimum atomic E-state index is 0.113. The maximum atomic E-state index is 9.71. The summed E-state index contributed by atoms with van der Waals surface area (Å²) < 4.78 is 5.53. The van der Waals surface area contributed by atoms with Crippen LogP contribution in [0, 0.1) is 0 Å². The molecule has 0 atom stereocenters. The second-order valence-corrected chi connectivity index (χ2v) is 3.67. The van der Waals surface area contributed by atoms with Gasteiger partial charge in [0.05, 0.1) is 5.56 Å². The molecule has 88 valence electrons. The molecule has 0 fully saturated rings. The first-order chi connectivity index (χ1) is 8.84. The van der Waals surface area contributed by atoms with Gasteiger partial charge in [0.1, 0.15) is 5.75 Å². The van der Waals surface area contributed by atoms with E-state index in [9.17, 15) is 5.11 Å². The Morgan fingerprint density at radius 3 is 2.39 bits per heavy atom. The van der Waals surface area contributed by atoms with E-state index < -0.39 is 0 Å². The number of aromatic nitrogens is 3. The van der Waals surface area contributed by atoms with Crippen LogP contribution in [-0.4, -0.2) is 20.3 Å². The van der Waals surface area contributed by atoms with Crippen LogP contribution >= 0.6 is 0 Å². The zero-order valence-electron chi connectivity index (χ0n) is 9.32. The maximum Gasteiger partial charge on any atom is 0.251 e. The lowest BCUT2D eigenvalue weighted by atomic mass is 10.2. The van der Waals surface area contributed by atoms with Crippen molar-refractivity contribution in [1.82, 2.24) is 15.2 Å². The van der Waals surface area contributed by atoms with Crippen LogP contribution < -0.4 is 0 Å². The highest BCUT2D eigenvalue weighted by molar-refractivity contribution is 5.63. The Bertz CT molecular complexity index is 665. The Morgan fingerprint density at radius 2 is 1.61 bits per heavy atom. The lowest BCUT2D eigenvalue weighted by molar-refractivity contribution is 0.473. The first kappa shape index (κ1) is 10.5. The molecule has 3 rings (SSSR count). The molecule has 0 aliphatic carbocycles. The third-order valence-electron chi connectivity index (χ3n) is 2.49. The quantitative estimate of drug-likeness (QED) is 0.743. The first-order valence-electron chi connectivity index (χ1n) is 5.37. The molecule has 0 amide bonds. The summed E-state index contributed by atoms with van der Waals surface area (Å²) in [5.74, 6) is 0.804. The highest BCUT2D eigenvalue weighted by Gasteiger charge is 2.12. The van der Waals surface area contributed by atoms with Crippen LogP contribution in [-0.2, 0) is 0 Å². The molecule has 0 radical (unpaired) electrons. The van der Waals surface area contributed by atoms with E-state index >= 15 is 0 Å². The average molecular weight is 239 g/mol. The van der Waals surface area contributed by atoms with Crippen molar-refractivity contribution >= 4 is 0 Å². The summed E-state index contributed by atoms with van der Waals surface area (Å²) in [5.41, 5.74) is 1.31. The van der Waals surface area contributed by atoms with Gasteiger partial charge in [-0.3, -0.25) is 4.98 Å². The van der Waals surface area contributed by atoms with E-state index in [1.54, 1.807) is 48.8 Å². The predicted octanol–water partition coefficient (Wildman–Crippen LogP) is 2.50. The van der Waals surface area contributed by atoms with Crippen LogP contribution in [0.4, 0.5) is 0 Å². The second-order valence-electron chi connectivity index (χ2n) is 3.67. The fourth-order valence-electron chi connectivity index (χ4n) is 1.60. The number of phenolic OH excluding ortho intramolecular Hbond substituents is 1. The number of rotatable bonds is 2. The summed E-state index contributed by atoms with van der Waals surface area (Å²) >= 11 is 0. The number of hydrogen-bond donors (Lipinski definition) is 1. The van der Waals surface area contributed by atoms with Crippen molar-refractivity contribution in [3.05, 3.63) is 48.8 Å². The molecule has 0 saturated heterocycles. The van der Waals surface area contributed by atoms with Crippen LogP contribution in [0.5, 0.6) is 5.75 Å². The van der Waals surface area contributed by atoms with E-state index in [1.165, 1.54) is 0 Å². The number of pyridine rings is 1. The number of benzene rings is 1. The molecule has 0 aliphatic rings. The zero-order valence-corrected chi connectivity index (χ0v) is 9.32. The van der Waals surface area contributed by atoms with E-state index in [4.69, 9.17) is 4.42 Å². The van der Waals surface area contributed by atoms with Crippen molar-refractivity contribution in [2.75, 3.05) is 0 Å². The molecule has 5 nitrogen and oxygen atoms in total. The average Bonchev–Trinajstić information content (AvgIpc) is 2.90. The minimum absolute atomic E-state index is 0.113. The van der Waals surface area contributed by atoms with Gasteiger partial charge in [-0.25, -0.2) is 0 Å². The van der Waals surface area contributed by atoms with Crippen molar-refractivity contribution in [2.45, 2.75) is 0 Å². The van der Waals surface area contributed by atoms with Crippen LogP contribution in [0.2, 0.25) is 0 Å². The van der Waals surface area contributed by atoms with Gasteiger partial charge < -0.3 is 9.52 Å². The molecule has 18 heavy (non-hydrogen) atoms. The fourth-order valence-corrected chi connectivity index (χ4v) is 1.60. The Hall–Kier alpha value is -2.69. The van der Waals surface area contributed by atoms with Gasteiger partial charge in [0.25, 0.3) is 5.89 Å². The van der Waals surface area contributed by atoms with E-state index in [1.807, 2.05) is 0 Å². The van der Waals surface area contributed by atoms with Gasteiger partial charge in [-0.1, -0.05) is 12.1 Å². The molecule has 1 aromatic carbocycles. The molecule has 0 unspecified atom stereocenters. The van der Waals surface area contributed by atoms with Crippen molar-refractivity contribution in [3.8, 4) is 28.7 Å². The highest BCUT2D eigenvalue weighted by Crippen LogP contribution is 2.29. The van der Waals surface area contributed by atoms with E-state index in [0.29, 0.717) is 17.3 Å². The Labute approximate surface area is 103 Å². The van der Waals surface area contributed by atoms with Crippen molar-refractivity contribution < 1.29 is 9.52 Å². The van der Waals surface area contributed by atoms with Gasteiger partial charge in [-0.2, -0.15) is 0 Å². The lowest BCUT2D eigenvalue weighted by Gasteiger charge is -1.97. The normalized spacial score (nSPS) is 10.4. The van der Waals surface area contributed by atoms with Crippen molar-refractivity contribution in [3.63, 3.8) is 0 Å². The number of nitrogens with zero attached hydrogens (tertiary/aromatic N) is 3. The van der Waals surface area contributed by atoms with E-state index in [-0.39, 0.29) is 5.75 Å². The van der Waals surface area contributed by atoms with Crippen molar-refractivity contribution in [1.29, 1.82) is 0 Å². The molecule has 5 heteroatoms. The Morgan fingerprint density at radius 1 is 0.889 bits per heavy atom. The van der Waals surface area contributed by atoms with Gasteiger partial charge in [-0.15, -0.1) is 10.2 Å². The smallest absolute Gasteiger partial charge is 0.251 e. The summed E-state index contributed by atoms with van der Waals surface area (Å²) in [6.07, 6.45) is 3.30. The SMILES string of the molecule is Oc1ccccc1-c1nnc(-c2ccncc2)o1. The largest absolute Gasteiger partial charge is 0.507 e. The zero-order chi connectivity index (χ0) is 12.4. The maximum absolute atomic E-state index is 9.71. The number of hydrogen-bond acceptors (Lipinski definition) is 5. The van der Waals surface area contributed by atoms with Crippen molar-refractivity contribution in [2.24, 2.45) is 0 Å². The Balaban J connectivity index is 2.03. The molecular weight excluding hydrogens is 230 g/mol. The van der Waals surface area contributed by atoms with Crippen LogP contribution in [0.1, 0.15) is 0 Å². The number of phenols is 1. The third-order valence-corrected chi connectivity index (χ3v) is 2.49. The van der Waals surface area contributed by atoms with Crippen LogP contribution in [0.3, 0.4) is 0 Å². The minimum Gasteiger partial charge on any atom is -0.507 e. The molecule has 0 spiro atoms. The van der Waals surface area contributed by atoms with Gasteiger partial charge in [-0.05, 0) is 24.3 Å². The molecule has 3 aromatic rings. The summed E-state index contributed by atoms with van der Waals surface area (Å²) in [5, 5.41) is 17.6. The molecule has 0 saturated carbocycles.